The highest BCUT2D eigenvalue weighted by Crippen LogP contribution is 2.41. The Morgan fingerprint density at radius 2 is 2.13 bits per heavy atom. The van der Waals surface area contributed by atoms with E-state index in [9.17, 15) is 0 Å². The van der Waals surface area contributed by atoms with E-state index in [1.807, 2.05) is 27.5 Å². The Morgan fingerprint density at radius 1 is 1.30 bits per heavy atom. The maximum absolute atomic E-state index is 6.39. The van der Waals surface area contributed by atoms with Crippen molar-refractivity contribution in [3.8, 4) is 0 Å². The first kappa shape index (κ1) is 15.4. The number of hydrogen-bond acceptors (Lipinski definition) is 5. The van der Waals surface area contributed by atoms with Crippen molar-refractivity contribution in [3.63, 3.8) is 0 Å². The third kappa shape index (κ3) is 2.55. The minimum absolute atomic E-state index is 0.356. The lowest BCUT2D eigenvalue weighted by molar-refractivity contribution is 0.549. The Kier molecular flexibility index (Phi) is 4.04. The van der Waals surface area contributed by atoms with Gasteiger partial charge in [0, 0.05) is 11.6 Å². The first-order valence-corrected chi connectivity index (χ1v) is 9.52. The zero-order valence-corrected chi connectivity index (χ0v) is 16.0. The third-order valence-electron chi connectivity index (χ3n) is 3.75. The van der Waals surface area contributed by atoms with Crippen molar-refractivity contribution in [2.75, 3.05) is 18.7 Å². The van der Waals surface area contributed by atoms with Crippen LogP contribution >= 0.6 is 45.2 Å². The van der Waals surface area contributed by atoms with Gasteiger partial charge in [-0.25, -0.2) is 3.22 Å². The number of anilines is 1. The summed E-state index contributed by atoms with van der Waals surface area (Å²) in [6.45, 7) is 1.28. The maximum Gasteiger partial charge on any atom is 0.291 e. The van der Waals surface area contributed by atoms with Crippen LogP contribution in [0.15, 0.2) is 45.8 Å². The fraction of sp³-hybridized carbons (Fsp3) is 0.200. The van der Waals surface area contributed by atoms with Crippen LogP contribution in [-0.4, -0.2) is 28.5 Å². The number of fused-ring (bicyclic) bond motifs is 3. The summed E-state index contributed by atoms with van der Waals surface area (Å²) in [4.78, 5) is 7.00. The van der Waals surface area contributed by atoms with Crippen molar-refractivity contribution in [2.45, 2.75) is 6.54 Å². The number of thiophene rings is 1. The lowest BCUT2D eigenvalue weighted by atomic mass is 10.1. The third-order valence-corrected chi connectivity index (χ3v) is 6.20. The number of hydrogen-bond donors (Lipinski definition) is 0. The molecule has 0 radical (unpaired) electrons. The molecule has 1 unspecified atom stereocenters. The molecule has 8 heteroatoms. The van der Waals surface area contributed by atoms with E-state index in [-0.39, 0.29) is 10.8 Å². The lowest BCUT2D eigenvalue weighted by Crippen LogP contribution is -2.34. The van der Waals surface area contributed by atoms with Gasteiger partial charge < -0.3 is 0 Å². The van der Waals surface area contributed by atoms with Crippen molar-refractivity contribution < 1.29 is 4.18 Å². The molecule has 4 rings (SSSR count). The van der Waals surface area contributed by atoms with Crippen LogP contribution in [0.25, 0.3) is 0 Å². The molecule has 23 heavy (non-hydrogen) atoms. The van der Waals surface area contributed by atoms with Crippen LogP contribution in [0.5, 0.6) is 0 Å². The first-order valence-electron chi connectivity index (χ1n) is 6.97. The first-order chi connectivity index (χ1) is 11.2. The molecular weight excluding hydrogens is 447 g/mol. The minimum Gasteiger partial charge on any atom is -0.276 e. The molecule has 0 fully saturated rings. The van der Waals surface area contributed by atoms with Crippen LogP contribution < -0.4 is 9.08 Å². The van der Waals surface area contributed by atoms with Gasteiger partial charge in [-0.05, 0) is 6.07 Å². The smallest absolute Gasteiger partial charge is 0.276 e. The lowest BCUT2D eigenvalue weighted by Gasteiger charge is -2.15. The van der Waals surface area contributed by atoms with E-state index in [4.69, 9.17) is 20.8 Å². The van der Waals surface area contributed by atoms with E-state index in [1.165, 1.54) is 5.56 Å². The van der Waals surface area contributed by atoms with Gasteiger partial charge >= 0.3 is 0 Å². The van der Waals surface area contributed by atoms with E-state index in [0.717, 1.165) is 22.1 Å². The van der Waals surface area contributed by atoms with Gasteiger partial charge in [0.1, 0.15) is 12.4 Å². The Labute approximate surface area is 155 Å². The van der Waals surface area contributed by atoms with Crippen molar-refractivity contribution in [3.05, 3.63) is 51.9 Å². The Balaban J connectivity index is 1.88. The topological polar surface area (TPSA) is 40.4 Å². The summed E-state index contributed by atoms with van der Waals surface area (Å²) in [5.74, 6) is 0.829. The minimum atomic E-state index is -0.356. The number of hydrazone groups is 1. The monoisotopic (exact) mass is 459 g/mol. The van der Waals surface area contributed by atoms with E-state index < -0.39 is 0 Å². The van der Waals surface area contributed by atoms with Crippen molar-refractivity contribution in [2.24, 2.45) is 10.1 Å². The van der Waals surface area contributed by atoms with E-state index in [1.54, 1.807) is 7.11 Å². The summed E-state index contributed by atoms with van der Waals surface area (Å²) in [5.41, 5.74) is 2.92. The van der Waals surface area contributed by atoms with Gasteiger partial charge in [-0.2, -0.15) is 4.18 Å². The molecule has 3 heterocycles. The second kappa shape index (κ2) is 6.04. The quantitative estimate of drug-likeness (QED) is 0.389. The number of aliphatic imine (C=N–C) groups is 1. The highest BCUT2D eigenvalue weighted by atomic mass is 127. The zero-order chi connectivity index (χ0) is 16.0. The van der Waals surface area contributed by atoms with Crippen LogP contribution in [0.1, 0.15) is 11.1 Å². The molecule has 0 amide bonds. The van der Waals surface area contributed by atoms with Gasteiger partial charge in [0.25, 0.3) is 5.00 Å². The molecule has 0 bridgehead atoms. The number of halogens is 2. The molecule has 0 saturated carbocycles. The number of amidine groups is 1. The van der Waals surface area contributed by atoms with Crippen molar-refractivity contribution >= 4 is 61.8 Å². The summed E-state index contributed by atoms with van der Waals surface area (Å²) in [6, 6.07) is 9.86. The molecule has 0 N–H and O–H groups in total. The van der Waals surface area contributed by atoms with Gasteiger partial charge in [0.15, 0.2) is 22.0 Å². The summed E-state index contributed by atoms with van der Waals surface area (Å²) >= 11 is 8.59. The average molecular weight is 460 g/mol. The SMILES string of the molecule is CO[s+]1ccc2c1N1CN(I)N=C1C(c1ccccc1Cl)=NC2. The molecule has 1 aromatic carbocycles. The summed E-state index contributed by atoms with van der Waals surface area (Å²) in [6.07, 6.45) is 0. The van der Waals surface area contributed by atoms with Gasteiger partial charge in [-0.3, -0.25) is 9.89 Å². The Morgan fingerprint density at radius 3 is 2.91 bits per heavy atom. The van der Waals surface area contributed by atoms with Crippen molar-refractivity contribution in [1.82, 2.24) is 3.22 Å². The predicted octanol–water partition coefficient (Wildman–Crippen LogP) is 3.89. The maximum atomic E-state index is 6.39. The molecule has 1 aromatic heterocycles. The van der Waals surface area contributed by atoms with Gasteiger partial charge in [-0.15, -0.1) is 5.10 Å². The van der Waals surface area contributed by atoms with Gasteiger partial charge in [0.2, 0.25) is 0 Å². The second-order valence-corrected chi connectivity index (χ2v) is 8.18. The van der Waals surface area contributed by atoms with Crippen LogP contribution in [0.3, 0.4) is 0 Å². The molecule has 5 nitrogen and oxygen atoms in total. The molecule has 2 aliphatic rings. The fourth-order valence-electron chi connectivity index (χ4n) is 2.75. The number of benzene rings is 1. The highest BCUT2D eigenvalue weighted by molar-refractivity contribution is 14.1. The van der Waals surface area contributed by atoms with Crippen LogP contribution in [-0.2, 0) is 6.54 Å². The molecular formula is C15H13ClIN4OS+. The summed E-state index contributed by atoms with van der Waals surface area (Å²) < 4.78 is 7.51. The van der Waals surface area contributed by atoms with Gasteiger partial charge in [-0.1, -0.05) is 29.8 Å². The number of nitrogens with zero attached hydrogens (tertiary/aromatic N) is 4. The van der Waals surface area contributed by atoms with Crippen LogP contribution in [0.4, 0.5) is 5.00 Å². The van der Waals surface area contributed by atoms with Crippen LogP contribution in [0.2, 0.25) is 5.02 Å². The van der Waals surface area contributed by atoms with Gasteiger partial charge in [0.05, 0.1) is 47.1 Å². The summed E-state index contributed by atoms with van der Waals surface area (Å²) in [5, 5.41) is 8.58. The van der Waals surface area contributed by atoms with E-state index in [2.05, 4.69) is 44.3 Å². The number of rotatable bonds is 2. The largest absolute Gasteiger partial charge is 0.291 e. The molecule has 118 valence electrons. The Hall–Kier alpha value is -1.16. The predicted molar refractivity (Wildman–Crippen MR) is 104 cm³/mol. The summed E-state index contributed by atoms with van der Waals surface area (Å²) in [7, 11) is 1.38. The highest BCUT2D eigenvalue weighted by Gasteiger charge is 2.39. The zero-order valence-electron chi connectivity index (χ0n) is 12.2. The molecule has 1 atom stereocenters. The molecule has 2 aromatic rings. The molecule has 0 aliphatic carbocycles. The second-order valence-electron chi connectivity index (χ2n) is 5.07. The molecule has 2 aliphatic heterocycles. The van der Waals surface area contributed by atoms with E-state index >= 15 is 0 Å². The normalized spacial score (nSPS) is 17.4. The molecule has 0 saturated heterocycles. The average Bonchev–Trinajstić information content (AvgIpc) is 3.09. The molecule has 0 spiro atoms. The Bertz CT molecular complexity index is 835. The van der Waals surface area contributed by atoms with E-state index in [0.29, 0.717) is 18.2 Å². The van der Waals surface area contributed by atoms with Crippen LogP contribution in [0, 0.1) is 0 Å². The fourth-order valence-corrected chi connectivity index (χ4v) is 4.92. The van der Waals surface area contributed by atoms with Crippen molar-refractivity contribution in [1.29, 1.82) is 0 Å². The standard InChI is InChI=1S/C15H13ClIN4OS/c1-22-23-7-6-10-8-18-13(11-4-2-3-5-12(11)16)14-19-21(17)9-20(14)15(10)23/h2-7H,8-9H2,1H3/q+1.